The van der Waals surface area contributed by atoms with Gasteiger partial charge in [0.25, 0.3) is 0 Å². The van der Waals surface area contributed by atoms with E-state index in [9.17, 15) is 0 Å². The van der Waals surface area contributed by atoms with E-state index >= 15 is 0 Å². The molecule has 0 saturated heterocycles. The van der Waals surface area contributed by atoms with Crippen LogP contribution >= 0.6 is 12.8 Å². The lowest BCUT2D eigenvalue weighted by Gasteiger charge is -2.16. The van der Waals surface area contributed by atoms with Gasteiger partial charge in [0.1, 0.15) is 17.1 Å². The second-order valence-corrected chi connectivity index (χ2v) is 3.76. The lowest BCUT2D eigenvalue weighted by atomic mass is 9.92. The highest BCUT2D eigenvalue weighted by molar-refractivity contribution is 7.79. The van der Waals surface area contributed by atoms with Gasteiger partial charge in [0.05, 0.1) is 17.1 Å². The fourth-order valence-corrected chi connectivity index (χ4v) is 2.30. The monoisotopic (exact) mass is 224 g/mol. The second-order valence-electron chi connectivity index (χ2n) is 3.04. The number of hydrogen-bond donors (Lipinski definition) is 2. The first-order valence-electron chi connectivity index (χ1n) is 3.99. The smallest absolute Gasteiger partial charge is 0.110 e. The van der Waals surface area contributed by atoms with Gasteiger partial charge in [-0.3, -0.25) is 5.41 Å². The molecule has 0 spiro atoms. The molecule has 0 fully saturated rings. The molecule has 0 bridgehead atoms. The number of rotatable bonds is 0. The Balaban J connectivity index is 2.72. The Kier molecular flexibility index (Phi) is 2.24. The molecule has 0 saturated carbocycles. The first-order valence-corrected chi connectivity index (χ1v) is 5.12. The number of fused-ring (bicyclic) bond motifs is 1. The van der Waals surface area contributed by atoms with Gasteiger partial charge in [-0.25, -0.2) is 4.40 Å². The molecule has 0 aromatic rings. The molecule has 14 heavy (non-hydrogen) atoms. The molecule has 1 heterocycles. The number of hydrogen-bond acceptors (Lipinski definition) is 5. The molecule has 0 aromatic carbocycles. The largest absolute Gasteiger partial charge is 0.298 e. The van der Waals surface area contributed by atoms with Gasteiger partial charge < -0.3 is 0 Å². The van der Waals surface area contributed by atoms with Gasteiger partial charge in [-0.15, -0.1) is 0 Å². The van der Waals surface area contributed by atoms with E-state index in [0.717, 1.165) is 33.9 Å². The summed E-state index contributed by atoms with van der Waals surface area (Å²) in [6.07, 6.45) is 0. The summed E-state index contributed by atoms with van der Waals surface area (Å²) in [6.45, 7) is 3.74. The van der Waals surface area contributed by atoms with E-state index in [1.807, 2.05) is 13.8 Å². The predicted octanol–water partition coefficient (Wildman–Crippen LogP) is 2.32. The maximum Gasteiger partial charge on any atom is 0.110 e. The van der Waals surface area contributed by atoms with Gasteiger partial charge in [0.2, 0.25) is 0 Å². The molecule has 0 unspecified atom stereocenters. The zero-order valence-electron chi connectivity index (χ0n) is 7.70. The van der Waals surface area contributed by atoms with Crippen LogP contribution < -0.4 is 0 Å². The van der Waals surface area contributed by atoms with Crippen LogP contribution in [0.3, 0.4) is 0 Å². The van der Waals surface area contributed by atoms with Crippen molar-refractivity contribution in [2.24, 2.45) is 13.1 Å². The SMILES string of the molecule is CC1=C2N=S=NC2=C(C)/C(=N/S)C1=N. The summed E-state index contributed by atoms with van der Waals surface area (Å²) in [4.78, 5) is 0. The molecule has 1 N–H and O–H groups in total. The third-order valence-electron chi connectivity index (χ3n) is 2.27. The molecule has 72 valence electrons. The Morgan fingerprint density at radius 2 is 1.79 bits per heavy atom. The Morgan fingerprint density at radius 1 is 1.21 bits per heavy atom. The first kappa shape index (κ1) is 9.54. The van der Waals surface area contributed by atoms with E-state index in [-0.39, 0.29) is 0 Å². The van der Waals surface area contributed by atoms with Crippen molar-refractivity contribution >= 4 is 35.6 Å². The maximum atomic E-state index is 7.85. The molecule has 4 nitrogen and oxygen atoms in total. The summed E-state index contributed by atoms with van der Waals surface area (Å²) in [5.41, 5.74) is 4.30. The minimum Gasteiger partial charge on any atom is -0.298 e. The van der Waals surface area contributed by atoms with Gasteiger partial charge in [-0.2, -0.15) is 8.73 Å². The fourth-order valence-electron chi connectivity index (χ4n) is 1.40. The zero-order chi connectivity index (χ0) is 10.3. The van der Waals surface area contributed by atoms with E-state index in [4.69, 9.17) is 5.41 Å². The summed E-state index contributed by atoms with van der Waals surface area (Å²) < 4.78 is 12.1. The van der Waals surface area contributed by atoms with Crippen LogP contribution in [0.2, 0.25) is 0 Å². The molecule has 0 atom stereocenters. The lowest BCUT2D eigenvalue weighted by molar-refractivity contribution is 1.21. The van der Waals surface area contributed by atoms with Crippen LogP contribution in [-0.4, -0.2) is 11.4 Å². The maximum absolute atomic E-state index is 7.85. The van der Waals surface area contributed by atoms with Gasteiger partial charge in [-0.05, 0) is 26.7 Å². The summed E-state index contributed by atoms with van der Waals surface area (Å²) in [7, 11) is 0. The van der Waals surface area contributed by atoms with Crippen molar-refractivity contribution in [2.45, 2.75) is 13.8 Å². The Bertz CT molecular complexity index is 489. The summed E-state index contributed by atoms with van der Waals surface area (Å²) in [6, 6.07) is 0. The zero-order valence-corrected chi connectivity index (χ0v) is 9.41. The molecular formula is C8H8N4S2. The third-order valence-corrected chi connectivity index (χ3v) is 2.99. The average Bonchev–Trinajstić information content (AvgIpc) is 2.64. The van der Waals surface area contributed by atoms with E-state index in [2.05, 4.69) is 25.9 Å². The van der Waals surface area contributed by atoms with Crippen LogP contribution in [-0.2, 0) is 11.4 Å². The van der Waals surface area contributed by atoms with E-state index in [1.165, 1.54) is 0 Å². The second kappa shape index (κ2) is 3.29. The van der Waals surface area contributed by atoms with Crippen LogP contribution in [0.5, 0.6) is 0 Å². The average molecular weight is 224 g/mol. The minimum atomic E-state index is 0.387. The quantitative estimate of drug-likeness (QED) is 0.468. The van der Waals surface area contributed by atoms with Crippen molar-refractivity contribution in [3.8, 4) is 0 Å². The van der Waals surface area contributed by atoms with Crippen LogP contribution in [0.25, 0.3) is 0 Å². The van der Waals surface area contributed by atoms with Crippen LogP contribution in [0, 0.1) is 5.41 Å². The van der Waals surface area contributed by atoms with Crippen LogP contribution in [0.4, 0.5) is 0 Å². The molecule has 2 aliphatic rings. The molecule has 2 rings (SSSR count). The predicted molar refractivity (Wildman–Crippen MR) is 61.8 cm³/mol. The highest BCUT2D eigenvalue weighted by Crippen LogP contribution is 2.31. The van der Waals surface area contributed by atoms with Crippen LogP contribution in [0.15, 0.2) is 35.7 Å². The first-order chi connectivity index (χ1) is 6.66. The number of nitrogens with zero attached hydrogens (tertiary/aromatic N) is 3. The normalized spacial score (nSPS) is 23.4. The van der Waals surface area contributed by atoms with E-state index in [1.54, 1.807) is 0 Å². The summed E-state index contributed by atoms with van der Waals surface area (Å²) in [5.74, 6) is 0. The number of nitrogens with one attached hydrogen (secondary N) is 1. The molecule has 1 aliphatic heterocycles. The summed E-state index contributed by atoms with van der Waals surface area (Å²) >= 11 is 5.02. The molecule has 0 radical (unpaired) electrons. The number of allylic oxidation sites excluding steroid dienone is 2. The van der Waals surface area contributed by atoms with Crippen molar-refractivity contribution < 1.29 is 0 Å². The van der Waals surface area contributed by atoms with Crippen molar-refractivity contribution in [1.82, 2.24) is 0 Å². The van der Waals surface area contributed by atoms with Crippen molar-refractivity contribution in [2.75, 3.05) is 0 Å². The number of thiol groups is 1. The van der Waals surface area contributed by atoms with Crippen molar-refractivity contribution in [3.63, 3.8) is 0 Å². The minimum absolute atomic E-state index is 0.387. The fraction of sp³-hybridized carbons (Fsp3) is 0.250. The highest BCUT2D eigenvalue weighted by atomic mass is 32.1. The van der Waals surface area contributed by atoms with E-state index in [0.29, 0.717) is 11.4 Å². The van der Waals surface area contributed by atoms with Crippen molar-refractivity contribution in [3.05, 3.63) is 22.5 Å². The molecule has 1 aliphatic carbocycles. The molecule has 6 heteroatoms. The molecule has 0 aromatic heterocycles. The summed E-state index contributed by atoms with van der Waals surface area (Å²) in [5, 5.41) is 7.85. The van der Waals surface area contributed by atoms with Gasteiger partial charge in [0, 0.05) is 11.1 Å². The van der Waals surface area contributed by atoms with Crippen molar-refractivity contribution in [1.29, 1.82) is 5.41 Å². The topological polar surface area (TPSA) is 60.9 Å². The Hall–Kier alpha value is -1.01. The molecular weight excluding hydrogens is 216 g/mol. The Morgan fingerprint density at radius 3 is 2.36 bits per heavy atom. The van der Waals surface area contributed by atoms with Gasteiger partial charge in [0.15, 0.2) is 0 Å². The standard InChI is InChI=1S/C8H8N4S2/c1-3-5(9)6(10-13)4(2)8-7(3)11-14-12-8/h9,13H,1-2H3/b9-5?,10-6-. The lowest BCUT2D eigenvalue weighted by Crippen LogP contribution is -2.21. The van der Waals surface area contributed by atoms with Gasteiger partial charge >= 0.3 is 0 Å². The Labute approximate surface area is 90.8 Å². The molecule has 0 amide bonds. The van der Waals surface area contributed by atoms with E-state index < -0.39 is 0 Å². The third kappa shape index (κ3) is 1.14. The highest BCUT2D eigenvalue weighted by Gasteiger charge is 2.27. The van der Waals surface area contributed by atoms with Gasteiger partial charge in [-0.1, -0.05) is 0 Å². The van der Waals surface area contributed by atoms with Crippen LogP contribution in [0.1, 0.15) is 13.8 Å².